The third kappa shape index (κ3) is 4.58. The van der Waals surface area contributed by atoms with E-state index in [9.17, 15) is 4.39 Å². The highest BCUT2D eigenvalue weighted by molar-refractivity contribution is 6.32. The van der Waals surface area contributed by atoms with Crippen LogP contribution in [0.25, 0.3) is 0 Å². The molecule has 7 heteroatoms. The number of methoxy groups -OCH3 is 1. The van der Waals surface area contributed by atoms with Gasteiger partial charge in [0.25, 0.3) is 0 Å². The Kier molecular flexibility index (Phi) is 5.30. The topological polar surface area (TPSA) is 59.1 Å². The maximum absolute atomic E-state index is 12.9. The van der Waals surface area contributed by atoms with Gasteiger partial charge in [0.2, 0.25) is 0 Å². The number of nitrogens with zero attached hydrogens (tertiary/aromatic N) is 2. The zero-order chi connectivity index (χ0) is 17.6. The van der Waals surface area contributed by atoms with E-state index in [0.717, 1.165) is 11.3 Å². The first-order valence-electron chi connectivity index (χ1n) is 7.55. The largest absolute Gasteiger partial charge is 0.495 e. The summed E-state index contributed by atoms with van der Waals surface area (Å²) in [6, 6.07) is 13.5. The second kappa shape index (κ2) is 7.81. The Hall–Kier alpha value is -2.86. The van der Waals surface area contributed by atoms with Crippen molar-refractivity contribution in [3.8, 4) is 5.75 Å². The molecule has 25 heavy (non-hydrogen) atoms. The summed E-state index contributed by atoms with van der Waals surface area (Å²) in [7, 11) is 1.57. The van der Waals surface area contributed by atoms with Crippen LogP contribution in [0.4, 0.5) is 21.7 Å². The van der Waals surface area contributed by atoms with Gasteiger partial charge < -0.3 is 15.4 Å². The lowest BCUT2D eigenvalue weighted by Crippen LogP contribution is -2.03. The van der Waals surface area contributed by atoms with Gasteiger partial charge in [-0.05, 0) is 35.9 Å². The molecule has 1 heterocycles. The highest BCUT2D eigenvalue weighted by atomic mass is 35.5. The molecule has 128 valence electrons. The molecule has 0 aliphatic carbocycles. The van der Waals surface area contributed by atoms with Gasteiger partial charge in [0, 0.05) is 18.3 Å². The Morgan fingerprint density at radius 3 is 2.52 bits per heavy atom. The average molecular weight is 359 g/mol. The van der Waals surface area contributed by atoms with E-state index >= 15 is 0 Å². The molecule has 0 spiro atoms. The molecule has 3 rings (SSSR count). The Morgan fingerprint density at radius 1 is 1.04 bits per heavy atom. The number of benzene rings is 2. The molecule has 5 nitrogen and oxygen atoms in total. The van der Waals surface area contributed by atoms with Crippen LogP contribution in [0.3, 0.4) is 0 Å². The van der Waals surface area contributed by atoms with E-state index in [0.29, 0.717) is 29.0 Å². The van der Waals surface area contributed by atoms with Crippen molar-refractivity contribution in [1.82, 2.24) is 9.97 Å². The molecule has 2 aromatic carbocycles. The lowest BCUT2D eigenvalue weighted by atomic mass is 10.2. The van der Waals surface area contributed by atoms with Crippen molar-refractivity contribution in [1.29, 1.82) is 0 Å². The van der Waals surface area contributed by atoms with Gasteiger partial charge in [-0.2, -0.15) is 0 Å². The molecule has 0 fully saturated rings. The summed E-state index contributed by atoms with van der Waals surface area (Å²) in [5, 5.41) is 6.85. The molecule has 3 aromatic rings. The highest BCUT2D eigenvalue weighted by Gasteiger charge is 2.04. The molecular formula is C18H16ClFN4O. The zero-order valence-electron chi connectivity index (χ0n) is 13.5. The maximum atomic E-state index is 12.9. The molecule has 0 radical (unpaired) electrons. The van der Waals surface area contributed by atoms with Crippen LogP contribution in [0.15, 0.2) is 54.9 Å². The molecule has 0 unspecified atom stereocenters. The second-order valence-corrected chi connectivity index (χ2v) is 5.65. The average Bonchev–Trinajstić information content (AvgIpc) is 2.62. The van der Waals surface area contributed by atoms with Gasteiger partial charge in [-0.15, -0.1) is 0 Å². The smallest absolute Gasteiger partial charge is 0.137 e. The summed E-state index contributed by atoms with van der Waals surface area (Å²) in [4.78, 5) is 8.36. The molecule has 1 aromatic heterocycles. The molecule has 0 aliphatic heterocycles. The van der Waals surface area contributed by atoms with Crippen molar-refractivity contribution >= 4 is 28.9 Å². The Labute approximate surface area is 149 Å². The van der Waals surface area contributed by atoms with Crippen LogP contribution >= 0.6 is 11.6 Å². The predicted molar refractivity (Wildman–Crippen MR) is 97.0 cm³/mol. The van der Waals surface area contributed by atoms with Gasteiger partial charge in [-0.1, -0.05) is 23.7 Å². The summed E-state index contributed by atoms with van der Waals surface area (Å²) < 4.78 is 18.1. The van der Waals surface area contributed by atoms with E-state index in [-0.39, 0.29) is 5.82 Å². The number of aromatic nitrogens is 2. The number of hydrogen-bond acceptors (Lipinski definition) is 5. The number of anilines is 3. The van der Waals surface area contributed by atoms with Gasteiger partial charge >= 0.3 is 0 Å². The first kappa shape index (κ1) is 17.0. The molecule has 0 aliphatic rings. The number of halogens is 2. The van der Waals surface area contributed by atoms with Crippen LogP contribution < -0.4 is 15.4 Å². The summed E-state index contributed by atoms with van der Waals surface area (Å²) in [6.07, 6.45) is 1.46. The first-order chi connectivity index (χ1) is 12.1. The molecule has 0 amide bonds. The third-order valence-corrected chi connectivity index (χ3v) is 3.77. The zero-order valence-corrected chi connectivity index (χ0v) is 14.2. The number of ether oxygens (including phenoxy) is 1. The maximum Gasteiger partial charge on any atom is 0.137 e. The molecule has 0 atom stereocenters. The van der Waals surface area contributed by atoms with Crippen LogP contribution in [0.2, 0.25) is 5.02 Å². The quantitative estimate of drug-likeness (QED) is 0.672. The fourth-order valence-electron chi connectivity index (χ4n) is 2.21. The number of rotatable bonds is 6. The minimum absolute atomic E-state index is 0.254. The minimum Gasteiger partial charge on any atom is -0.495 e. The third-order valence-electron chi connectivity index (χ3n) is 3.48. The minimum atomic E-state index is -0.254. The van der Waals surface area contributed by atoms with Gasteiger partial charge in [0.05, 0.1) is 12.1 Å². The van der Waals surface area contributed by atoms with Crippen molar-refractivity contribution in [3.63, 3.8) is 0 Å². The van der Waals surface area contributed by atoms with Crippen molar-refractivity contribution in [3.05, 3.63) is 71.3 Å². The standard InChI is InChI=1S/C18H16ClFN4O/c1-25-16-7-6-14(8-15(16)19)24-18-9-17(22-11-23-18)21-10-12-2-4-13(20)5-3-12/h2-9,11H,10H2,1H3,(H2,21,22,23,24). The van der Waals surface area contributed by atoms with Gasteiger partial charge in [-0.3, -0.25) is 0 Å². The Bertz CT molecular complexity index is 858. The van der Waals surface area contributed by atoms with Gasteiger partial charge in [0.1, 0.15) is 29.5 Å². The monoisotopic (exact) mass is 358 g/mol. The molecule has 0 saturated heterocycles. The van der Waals surface area contributed by atoms with E-state index in [1.165, 1.54) is 18.5 Å². The highest BCUT2D eigenvalue weighted by Crippen LogP contribution is 2.28. The fourth-order valence-corrected chi connectivity index (χ4v) is 2.47. The first-order valence-corrected chi connectivity index (χ1v) is 7.93. The van der Waals surface area contributed by atoms with Crippen LogP contribution in [-0.4, -0.2) is 17.1 Å². The lowest BCUT2D eigenvalue weighted by Gasteiger charge is -2.10. The van der Waals surface area contributed by atoms with Crippen LogP contribution in [0.1, 0.15) is 5.56 Å². The fraction of sp³-hybridized carbons (Fsp3) is 0.111. The van der Waals surface area contributed by atoms with Gasteiger partial charge in [-0.25, -0.2) is 14.4 Å². The van der Waals surface area contributed by atoms with Crippen molar-refractivity contribution < 1.29 is 9.13 Å². The Morgan fingerprint density at radius 2 is 1.80 bits per heavy atom. The normalized spacial score (nSPS) is 10.4. The second-order valence-electron chi connectivity index (χ2n) is 5.24. The van der Waals surface area contributed by atoms with E-state index in [2.05, 4.69) is 20.6 Å². The van der Waals surface area contributed by atoms with Crippen LogP contribution in [0.5, 0.6) is 5.75 Å². The molecule has 2 N–H and O–H groups in total. The van der Waals surface area contributed by atoms with E-state index in [1.807, 2.05) is 6.07 Å². The van der Waals surface area contributed by atoms with Crippen LogP contribution in [0, 0.1) is 5.82 Å². The summed E-state index contributed by atoms with van der Waals surface area (Å²) in [6.45, 7) is 0.533. The van der Waals surface area contributed by atoms with E-state index < -0.39 is 0 Å². The lowest BCUT2D eigenvalue weighted by molar-refractivity contribution is 0.415. The van der Waals surface area contributed by atoms with Gasteiger partial charge in [0.15, 0.2) is 0 Å². The number of nitrogens with one attached hydrogen (secondary N) is 2. The van der Waals surface area contributed by atoms with Crippen molar-refractivity contribution in [2.24, 2.45) is 0 Å². The van der Waals surface area contributed by atoms with E-state index in [1.54, 1.807) is 37.4 Å². The van der Waals surface area contributed by atoms with Crippen LogP contribution in [-0.2, 0) is 6.54 Å². The SMILES string of the molecule is COc1ccc(Nc2cc(NCc3ccc(F)cc3)ncn2)cc1Cl. The summed E-state index contributed by atoms with van der Waals surface area (Å²) in [5.74, 6) is 1.63. The number of hydrogen-bond donors (Lipinski definition) is 2. The summed E-state index contributed by atoms with van der Waals surface area (Å²) >= 11 is 6.12. The van der Waals surface area contributed by atoms with Crippen molar-refractivity contribution in [2.45, 2.75) is 6.54 Å². The van der Waals surface area contributed by atoms with Crippen molar-refractivity contribution in [2.75, 3.05) is 17.7 Å². The molecule has 0 bridgehead atoms. The van der Waals surface area contributed by atoms with E-state index in [4.69, 9.17) is 16.3 Å². The predicted octanol–water partition coefficient (Wildman–Crippen LogP) is 4.63. The molecule has 0 saturated carbocycles. The summed E-state index contributed by atoms with van der Waals surface area (Å²) in [5.41, 5.74) is 1.74. The molecular weight excluding hydrogens is 343 g/mol. The Balaban J connectivity index is 1.66.